The summed E-state index contributed by atoms with van der Waals surface area (Å²) < 4.78 is 22.8. The van der Waals surface area contributed by atoms with Crippen molar-refractivity contribution in [1.29, 1.82) is 0 Å². The molecule has 0 aliphatic heterocycles. The van der Waals surface area contributed by atoms with Gasteiger partial charge in [-0.05, 0) is 70.6 Å². The lowest BCUT2D eigenvalue weighted by Crippen LogP contribution is -2.48. The molecule has 2 unspecified atom stereocenters. The number of carbonyl (C=O) groups excluding carboxylic acids is 3. The van der Waals surface area contributed by atoms with Gasteiger partial charge in [0.25, 0.3) is 0 Å². The molecule has 0 rings (SSSR count). The number of hydrogen-bond donors (Lipinski definition) is 2. The predicted molar refractivity (Wildman–Crippen MR) is 243 cm³/mol. The molecule has 0 aromatic carbocycles. The van der Waals surface area contributed by atoms with Crippen molar-refractivity contribution in [1.82, 2.24) is 5.32 Å². The van der Waals surface area contributed by atoms with Crippen LogP contribution in [0.15, 0.2) is 0 Å². The maximum absolute atomic E-state index is 12.8. The van der Waals surface area contributed by atoms with E-state index in [1.165, 1.54) is 103 Å². The summed E-state index contributed by atoms with van der Waals surface area (Å²) in [6.07, 6.45) is 38.3. The lowest BCUT2D eigenvalue weighted by atomic mass is 10.0. The van der Waals surface area contributed by atoms with Gasteiger partial charge in [-0.2, -0.15) is 4.65 Å². The Hall–Kier alpha value is -1.52. The van der Waals surface area contributed by atoms with E-state index in [9.17, 15) is 23.8 Å². The second-order valence-electron chi connectivity index (χ2n) is 17.3. The quantitative estimate of drug-likeness (QED) is 0.0271. The van der Waals surface area contributed by atoms with Gasteiger partial charge in [-0.25, -0.2) is 5.21 Å². The first kappa shape index (κ1) is 56.5. The Morgan fingerprint density at radius 1 is 0.534 bits per heavy atom. The van der Waals surface area contributed by atoms with Crippen molar-refractivity contribution >= 4 is 28.6 Å². The van der Waals surface area contributed by atoms with Crippen LogP contribution in [0.4, 0.5) is 0 Å². The molecule has 0 aliphatic rings. The zero-order chi connectivity index (χ0) is 42.8. The minimum absolute atomic E-state index is 0.00668. The smallest absolute Gasteiger partial charge is 0.306 e. The highest BCUT2D eigenvalue weighted by Gasteiger charge is 2.24. The molecule has 2 atom stereocenters. The van der Waals surface area contributed by atoms with Gasteiger partial charge in [0.1, 0.15) is 31.5 Å². The Labute approximate surface area is 360 Å². The van der Waals surface area contributed by atoms with E-state index < -0.39 is 10.8 Å². The maximum Gasteiger partial charge on any atom is 0.306 e. The number of carbonyl (C=O) groups is 3. The Balaban J connectivity index is 4.53. The fourth-order valence-corrected chi connectivity index (χ4v) is 8.18. The van der Waals surface area contributed by atoms with Crippen LogP contribution in [0.3, 0.4) is 0 Å². The van der Waals surface area contributed by atoms with Crippen molar-refractivity contribution in [2.45, 2.75) is 245 Å². The standard InChI is InChI=1S/C48H94N2O7S/c1-5-8-11-14-17-26-33-43-56-47(52)37-29-22-18-24-31-40-50(54,42-34-39-49-46(51)44-58(4)55)41-32-25-19-23-30-38-48(53)57-45(35-27-20-15-12-9-6-2)36-28-21-16-13-10-7-3/h45,54H,5-44H2,1-4H3/p+1. The Kier molecular flexibility index (Phi) is 41.1. The molecule has 0 heterocycles. The molecule has 0 saturated heterocycles. The molecule has 10 heteroatoms. The van der Waals surface area contributed by atoms with E-state index >= 15 is 0 Å². The molecule has 58 heavy (non-hydrogen) atoms. The molecule has 0 saturated carbocycles. The summed E-state index contributed by atoms with van der Waals surface area (Å²) in [7, 11) is -1.17. The van der Waals surface area contributed by atoms with Gasteiger partial charge in [0.15, 0.2) is 0 Å². The molecule has 0 aromatic rings. The zero-order valence-corrected chi connectivity index (χ0v) is 39.4. The van der Waals surface area contributed by atoms with Crippen molar-refractivity contribution in [2.75, 3.05) is 44.8 Å². The highest BCUT2D eigenvalue weighted by atomic mass is 32.2. The third-order valence-electron chi connectivity index (χ3n) is 11.4. The molecular formula is C48H95N2O7S+. The van der Waals surface area contributed by atoms with Gasteiger partial charge in [-0.15, -0.1) is 0 Å². The molecule has 0 aliphatic carbocycles. The van der Waals surface area contributed by atoms with E-state index in [0.29, 0.717) is 52.0 Å². The van der Waals surface area contributed by atoms with Crippen LogP contribution >= 0.6 is 0 Å². The van der Waals surface area contributed by atoms with Crippen LogP contribution in [-0.2, 0) is 34.7 Å². The lowest BCUT2D eigenvalue weighted by molar-refractivity contribution is -1.10. The van der Waals surface area contributed by atoms with E-state index in [4.69, 9.17) is 9.47 Å². The summed E-state index contributed by atoms with van der Waals surface area (Å²) in [6, 6.07) is 0. The summed E-state index contributed by atoms with van der Waals surface area (Å²) in [5.41, 5.74) is 0. The topological polar surface area (TPSA) is 119 Å². The number of nitrogens with zero attached hydrogens (tertiary/aromatic N) is 1. The number of rotatable bonds is 45. The van der Waals surface area contributed by atoms with E-state index in [0.717, 1.165) is 103 Å². The summed E-state index contributed by atoms with van der Waals surface area (Å²) in [6.45, 7) is 9.61. The SMILES string of the molecule is CCCCCCCCCOC(=O)CCCCCCC[N+](O)(CCCCCCCC(=O)OC(CCCCCCCC)CCCCCCCC)CCCNC(=O)CS(C)=O. The van der Waals surface area contributed by atoms with Crippen molar-refractivity contribution in [3.05, 3.63) is 0 Å². The van der Waals surface area contributed by atoms with Gasteiger partial charge < -0.3 is 14.8 Å². The number of hydrogen-bond acceptors (Lipinski definition) is 7. The first-order valence-electron chi connectivity index (χ1n) is 24.7. The first-order valence-corrected chi connectivity index (χ1v) is 26.4. The van der Waals surface area contributed by atoms with Crippen LogP contribution in [0.5, 0.6) is 0 Å². The summed E-state index contributed by atoms with van der Waals surface area (Å²) in [5, 5.41) is 14.5. The average molecular weight is 844 g/mol. The third-order valence-corrected chi connectivity index (χ3v) is 12.1. The van der Waals surface area contributed by atoms with Crippen LogP contribution in [0, 0.1) is 0 Å². The van der Waals surface area contributed by atoms with Gasteiger partial charge in [0.2, 0.25) is 5.91 Å². The summed E-state index contributed by atoms with van der Waals surface area (Å²) in [4.78, 5) is 36.9. The van der Waals surface area contributed by atoms with Gasteiger partial charge in [-0.1, -0.05) is 149 Å². The number of nitrogens with one attached hydrogen (secondary N) is 1. The molecule has 1 amide bonds. The second-order valence-corrected chi connectivity index (χ2v) is 18.7. The van der Waals surface area contributed by atoms with Crippen molar-refractivity contribution in [3.63, 3.8) is 0 Å². The van der Waals surface area contributed by atoms with E-state index in [1.54, 1.807) is 0 Å². The fraction of sp³-hybridized carbons (Fsp3) is 0.938. The molecule has 0 fully saturated rings. The fourth-order valence-electron chi connectivity index (χ4n) is 7.71. The number of amides is 1. The Morgan fingerprint density at radius 2 is 0.931 bits per heavy atom. The van der Waals surface area contributed by atoms with Gasteiger partial charge >= 0.3 is 11.9 Å². The normalized spacial score (nSPS) is 13.1. The first-order chi connectivity index (χ1) is 28.2. The van der Waals surface area contributed by atoms with Crippen molar-refractivity contribution < 1.29 is 37.9 Å². The number of unbranched alkanes of at least 4 members (excludes halogenated alkanes) is 24. The van der Waals surface area contributed by atoms with Crippen LogP contribution < -0.4 is 5.32 Å². The third kappa shape index (κ3) is 39.9. The molecular weight excluding hydrogens is 749 g/mol. The number of esters is 2. The van der Waals surface area contributed by atoms with Gasteiger partial charge in [-0.3, -0.25) is 18.6 Å². The monoisotopic (exact) mass is 844 g/mol. The Bertz CT molecular complexity index is 968. The second kappa shape index (κ2) is 42.2. The van der Waals surface area contributed by atoms with Crippen LogP contribution in [-0.4, -0.2) is 82.8 Å². The molecule has 2 N–H and O–H groups in total. The molecule has 0 bridgehead atoms. The van der Waals surface area contributed by atoms with E-state index in [1.807, 2.05) is 0 Å². The largest absolute Gasteiger partial charge is 0.466 e. The molecule has 344 valence electrons. The number of hydroxylamine groups is 3. The molecule has 0 aromatic heterocycles. The molecule has 0 radical (unpaired) electrons. The minimum Gasteiger partial charge on any atom is -0.466 e. The summed E-state index contributed by atoms with van der Waals surface area (Å²) >= 11 is 0. The zero-order valence-electron chi connectivity index (χ0n) is 38.6. The average Bonchev–Trinajstić information content (AvgIpc) is 3.19. The minimum atomic E-state index is -1.17. The van der Waals surface area contributed by atoms with Crippen LogP contribution in [0.2, 0.25) is 0 Å². The predicted octanol–water partition coefficient (Wildman–Crippen LogP) is 12.5. The van der Waals surface area contributed by atoms with Crippen molar-refractivity contribution in [3.8, 4) is 0 Å². The Morgan fingerprint density at radius 3 is 1.41 bits per heavy atom. The highest BCUT2D eigenvalue weighted by molar-refractivity contribution is 7.85. The molecule has 9 nitrogen and oxygen atoms in total. The number of ether oxygens (including phenoxy) is 2. The maximum atomic E-state index is 12.8. The van der Waals surface area contributed by atoms with Crippen LogP contribution in [0.1, 0.15) is 239 Å². The molecule has 0 spiro atoms. The van der Waals surface area contributed by atoms with Gasteiger partial charge in [0, 0.05) is 42.9 Å². The summed E-state index contributed by atoms with van der Waals surface area (Å²) in [5.74, 6) is -0.328. The van der Waals surface area contributed by atoms with E-state index in [-0.39, 0.29) is 34.3 Å². The highest BCUT2D eigenvalue weighted by Crippen LogP contribution is 2.19. The van der Waals surface area contributed by atoms with E-state index in [2.05, 4.69) is 26.1 Å². The lowest BCUT2D eigenvalue weighted by Gasteiger charge is -2.30. The van der Waals surface area contributed by atoms with Gasteiger partial charge in [0.05, 0.1) is 6.61 Å². The number of quaternary nitrogens is 1. The van der Waals surface area contributed by atoms with Crippen molar-refractivity contribution in [2.24, 2.45) is 0 Å². The van der Waals surface area contributed by atoms with Crippen LogP contribution in [0.25, 0.3) is 0 Å².